The first-order valence-corrected chi connectivity index (χ1v) is 5.74. The highest BCUT2D eigenvalue weighted by atomic mass is 32.1. The highest BCUT2D eigenvalue weighted by molar-refractivity contribution is 7.10. The summed E-state index contributed by atoms with van der Waals surface area (Å²) in [6, 6.07) is 2.04. The van der Waals surface area contributed by atoms with Crippen LogP contribution in [0.25, 0.3) is 0 Å². The molecule has 1 aromatic rings. The first-order chi connectivity index (χ1) is 6.38. The number of hydrogen-bond donors (Lipinski definition) is 2. The lowest BCUT2D eigenvalue weighted by atomic mass is 10.1. The maximum atomic E-state index is 9.84. The molecule has 14 heavy (non-hydrogen) atoms. The van der Waals surface area contributed by atoms with E-state index in [1.807, 2.05) is 11.4 Å². The van der Waals surface area contributed by atoms with E-state index in [4.69, 9.17) is 0 Å². The molecule has 0 saturated carbocycles. The zero-order valence-corrected chi connectivity index (χ0v) is 10.1. The van der Waals surface area contributed by atoms with Crippen LogP contribution in [0.3, 0.4) is 0 Å². The Morgan fingerprint density at radius 3 is 2.57 bits per heavy atom. The number of aryl methyl sites for hydroxylation is 1. The second-order valence-electron chi connectivity index (χ2n) is 4.64. The SMILES string of the molecule is Cc1cc(C(O)CNC(C)(C)C)cs1. The van der Waals surface area contributed by atoms with Gasteiger partial charge in [0.2, 0.25) is 0 Å². The van der Waals surface area contributed by atoms with Gasteiger partial charge in [-0.25, -0.2) is 0 Å². The minimum Gasteiger partial charge on any atom is -0.387 e. The molecular formula is C11H19NOS. The molecule has 1 atom stereocenters. The molecule has 0 aliphatic carbocycles. The zero-order valence-electron chi connectivity index (χ0n) is 9.29. The van der Waals surface area contributed by atoms with Gasteiger partial charge in [-0.1, -0.05) is 0 Å². The predicted molar refractivity (Wildman–Crippen MR) is 61.8 cm³/mol. The van der Waals surface area contributed by atoms with Crippen LogP contribution in [-0.2, 0) is 0 Å². The fourth-order valence-electron chi connectivity index (χ4n) is 1.16. The normalized spacial score (nSPS) is 14.4. The van der Waals surface area contributed by atoms with Crippen LogP contribution in [0.4, 0.5) is 0 Å². The highest BCUT2D eigenvalue weighted by Crippen LogP contribution is 2.20. The summed E-state index contributed by atoms with van der Waals surface area (Å²) in [6.07, 6.45) is -0.390. The molecule has 1 unspecified atom stereocenters. The lowest BCUT2D eigenvalue weighted by molar-refractivity contribution is 0.163. The van der Waals surface area contributed by atoms with Gasteiger partial charge >= 0.3 is 0 Å². The van der Waals surface area contributed by atoms with E-state index >= 15 is 0 Å². The van der Waals surface area contributed by atoms with Crippen molar-refractivity contribution in [2.75, 3.05) is 6.54 Å². The number of aliphatic hydroxyl groups excluding tert-OH is 1. The maximum absolute atomic E-state index is 9.84. The number of β-amino-alcohol motifs (C(OH)–C–C–N with tert-alkyl or cyclic N) is 1. The van der Waals surface area contributed by atoms with Crippen molar-refractivity contribution >= 4 is 11.3 Å². The molecule has 2 N–H and O–H groups in total. The third-order valence-corrected chi connectivity index (χ3v) is 2.84. The Labute approximate surface area is 90.0 Å². The molecule has 0 saturated heterocycles. The van der Waals surface area contributed by atoms with E-state index < -0.39 is 0 Å². The van der Waals surface area contributed by atoms with E-state index in [-0.39, 0.29) is 11.6 Å². The van der Waals surface area contributed by atoms with E-state index in [1.54, 1.807) is 11.3 Å². The van der Waals surface area contributed by atoms with Gasteiger partial charge in [0.25, 0.3) is 0 Å². The Kier molecular flexibility index (Phi) is 3.70. The average Bonchev–Trinajstić information content (AvgIpc) is 2.46. The van der Waals surface area contributed by atoms with Crippen LogP contribution in [0, 0.1) is 6.92 Å². The molecule has 0 amide bonds. The van der Waals surface area contributed by atoms with Crippen LogP contribution in [0.5, 0.6) is 0 Å². The molecule has 0 fully saturated rings. The smallest absolute Gasteiger partial charge is 0.0922 e. The Morgan fingerprint density at radius 1 is 1.50 bits per heavy atom. The van der Waals surface area contributed by atoms with Crippen molar-refractivity contribution in [1.82, 2.24) is 5.32 Å². The minimum absolute atomic E-state index is 0.0616. The lowest BCUT2D eigenvalue weighted by Gasteiger charge is -2.22. The number of thiophene rings is 1. The van der Waals surface area contributed by atoms with Crippen LogP contribution in [0.15, 0.2) is 11.4 Å². The Hall–Kier alpha value is -0.380. The summed E-state index contributed by atoms with van der Waals surface area (Å²) in [5.41, 5.74) is 1.08. The number of rotatable bonds is 3. The maximum Gasteiger partial charge on any atom is 0.0922 e. The van der Waals surface area contributed by atoms with Gasteiger partial charge < -0.3 is 10.4 Å². The van der Waals surface area contributed by atoms with Crippen molar-refractivity contribution < 1.29 is 5.11 Å². The van der Waals surface area contributed by atoms with Gasteiger partial charge in [-0.2, -0.15) is 0 Å². The minimum atomic E-state index is -0.390. The number of aliphatic hydroxyl groups is 1. The molecule has 1 heterocycles. The fraction of sp³-hybridized carbons (Fsp3) is 0.636. The number of hydrogen-bond acceptors (Lipinski definition) is 3. The van der Waals surface area contributed by atoms with Crippen LogP contribution in [0.2, 0.25) is 0 Å². The molecule has 0 spiro atoms. The standard InChI is InChI=1S/C11H19NOS/c1-8-5-9(7-14-8)10(13)6-12-11(2,3)4/h5,7,10,12-13H,6H2,1-4H3. The first kappa shape index (κ1) is 11.7. The summed E-state index contributed by atoms with van der Waals surface area (Å²) >= 11 is 1.68. The molecule has 3 heteroatoms. The molecule has 0 bridgehead atoms. The molecule has 0 aliphatic rings. The zero-order chi connectivity index (χ0) is 10.8. The van der Waals surface area contributed by atoms with Gasteiger partial charge in [0.05, 0.1) is 6.10 Å². The van der Waals surface area contributed by atoms with Crippen molar-refractivity contribution in [2.45, 2.75) is 39.3 Å². The lowest BCUT2D eigenvalue weighted by Crippen LogP contribution is -2.38. The monoisotopic (exact) mass is 213 g/mol. The number of nitrogens with one attached hydrogen (secondary N) is 1. The van der Waals surface area contributed by atoms with Gasteiger partial charge in [0.1, 0.15) is 0 Å². The van der Waals surface area contributed by atoms with Crippen molar-refractivity contribution in [3.8, 4) is 0 Å². The predicted octanol–water partition coefficient (Wildman–Crippen LogP) is 2.48. The summed E-state index contributed by atoms with van der Waals surface area (Å²) in [7, 11) is 0. The quantitative estimate of drug-likeness (QED) is 0.808. The summed E-state index contributed by atoms with van der Waals surface area (Å²) < 4.78 is 0. The van der Waals surface area contributed by atoms with Crippen molar-refractivity contribution in [1.29, 1.82) is 0 Å². The van der Waals surface area contributed by atoms with Gasteiger partial charge in [-0.05, 0) is 44.7 Å². The molecular weight excluding hydrogens is 194 g/mol. The van der Waals surface area contributed by atoms with Crippen molar-refractivity contribution in [3.05, 3.63) is 21.9 Å². The summed E-state index contributed by atoms with van der Waals surface area (Å²) in [5.74, 6) is 0. The molecule has 0 radical (unpaired) electrons. The molecule has 2 nitrogen and oxygen atoms in total. The molecule has 0 aliphatic heterocycles. The third kappa shape index (κ3) is 3.78. The van der Waals surface area contributed by atoms with Gasteiger partial charge in [0, 0.05) is 17.0 Å². The van der Waals surface area contributed by atoms with E-state index in [1.165, 1.54) is 4.88 Å². The average molecular weight is 213 g/mol. The van der Waals surface area contributed by atoms with Crippen LogP contribution >= 0.6 is 11.3 Å². The summed E-state index contributed by atoms with van der Waals surface area (Å²) in [4.78, 5) is 1.25. The second kappa shape index (κ2) is 4.43. The van der Waals surface area contributed by atoms with Crippen molar-refractivity contribution in [2.24, 2.45) is 0 Å². The third-order valence-electron chi connectivity index (χ3n) is 1.96. The first-order valence-electron chi connectivity index (χ1n) is 4.86. The van der Waals surface area contributed by atoms with Crippen LogP contribution in [0.1, 0.15) is 37.3 Å². The Bertz CT molecular complexity index is 288. The Morgan fingerprint density at radius 2 is 2.14 bits per heavy atom. The largest absolute Gasteiger partial charge is 0.387 e. The van der Waals surface area contributed by atoms with Crippen LogP contribution in [-0.4, -0.2) is 17.2 Å². The van der Waals surface area contributed by atoms with Gasteiger partial charge in [-0.3, -0.25) is 0 Å². The van der Waals surface area contributed by atoms with Gasteiger partial charge in [0.15, 0.2) is 0 Å². The van der Waals surface area contributed by atoms with E-state index in [2.05, 4.69) is 33.0 Å². The van der Waals surface area contributed by atoms with E-state index in [9.17, 15) is 5.11 Å². The second-order valence-corrected chi connectivity index (χ2v) is 5.75. The molecule has 0 aromatic carbocycles. The van der Waals surface area contributed by atoms with E-state index in [0.29, 0.717) is 6.54 Å². The molecule has 1 rings (SSSR count). The highest BCUT2D eigenvalue weighted by Gasteiger charge is 2.13. The Balaban J connectivity index is 2.47. The summed E-state index contributed by atoms with van der Waals surface area (Å²) in [6.45, 7) is 8.95. The topological polar surface area (TPSA) is 32.3 Å². The fourth-order valence-corrected chi connectivity index (χ4v) is 1.91. The van der Waals surface area contributed by atoms with Crippen molar-refractivity contribution in [3.63, 3.8) is 0 Å². The summed E-state index contributed by atoms with van der Waals surface area (Å²) in [5, 5.41) is 15.1. The molecule has 1 aromatic heterocycles. The van der Waals surface area contributed by atoms with Crippen LogP contribution < -0.4 is 5.32 Å². The van der Waals surface area contributed by atoms with Gasteiger partial charge in [-0.15, -0.1) is 11.3 Å². The molecule has 80 valence electrons. The van der Waals surface area contributed by atoms with E-state index in [0.717, 1.165) is 5.56 Å².